The maximum Gasteiger partial charge on any atom is 0.282 e. The summed E-state index contributed by atoms with van der Waals surface area (Å²) in [4.78, 5) is 28.9. The number of H-pyrrole nitrogens is 1. The number of hydrogen-bond acceptors (Lipinski definition) is 2. The molecule has 2 aromatic heterocycles. The third-order valence-electron chi connectivity index (χ3n) is 4.54. The van der Waals surface area contributed by atoms with E-state index in [9.17, 15) is 22.8 Å². The number of fused-ring (bicyclic) bond motifs is 1. The number of aromatic amines is 1. The maximum atomic E-state index is 13.4. The predicted molar refractivity (Wildman–Crippen MR) is 94.5 cm³/mol. The normalized spacial score (nSPS) is 15.8. The van der Waals surface area contributed by atoms with Crippen LogP contribution in [0.1, 0.15) is 0 Å². The van der Waals surface area contributed by atoms with Crippen molar-refractivity contribution >= 4 is 28.4 Å². The fourth-order valence-electron chi connectivity index (χ4n) is 3.13. The van der Waals surface area contributed by atoms with Gasteiger partial charge >= 0.3 is 0 Å². The van der Waals surface area contributed by atoms with Crippen molar-refractivity contribution < 1.29 is 18.0 Å². The third-order valence-corrected chi connectivity index (χ3v) is 4.83. The first kappa shape index (κ1) is 17.7. The number of benzene rings is 1. The van der Waals surface area contributed by atoms with Gasteiger partial charge in [0, 0.05) is 18.0 Å². The zero-order chi connectivity index (χ0) is 19.3. The van der Waals surface area contributed by atoms with E-state index in [1.54, 1.807) is 12.3 Å². The van der Waals surface area contributed by atoms with Gasteiger partial charge in [-0.05, 0) is 23.8 Å². The fourth-order valence-corrected chi connectivity index (χ4v) is 3.31. The van der Waals surface area contributed by atoms with E-state index in [-0.39, 0.29) is 11.6 Å². The average Bonchev–Trinajstić information content (AvgIpc) is 3.02. The highest BCUT2D eigenvalue weighted by Gasteiger charge is 2.46. The first-order valence-electron chi connectivity index (χ1n) is 8.07. The first-order chi connectivity index (χ1) is 12.7. The van der Waals surface area contributed by atoms with Crippen LogP contribution in [0, 0.1) is 5.82 Å². The number of likely N-dealkylation sites (tertiary alicyclic amines) is 1. The Morgan fingerprint density at radius 3 is 2.67 bits per heavy atom. The lowest BCUT2D eigenvalue weighted by Gasteiger charge is -2.38. The lowest BCUT2D eigenvalue weighted by molar-refractivity contribution is -0.166. The summed E-state index contributed by atoms with van der Waals surface area (Å²) in [7, 11) is 0. The van der Waals surface area contributed by atoms with Crippen LogP contribution in [0.2, 0.25) is 5.02 Å². The topological polar surface area (TPSA) is 58.1 Å². The molecule has 1 aliphatic heterocycles. The number of nitrogens with one attached hydrogen (secondary N) is 1. The summed E-state index contributed by atoms with van der Waals surface area (Å²) in [5.41, 5.74) is 1.13. The minimum Gasteiger partial charge on any atom is -0.360 e. The van der Waals surface area contributed by atoms with Gasteiger partial charge in [0.1, 0.15) is 12.4 Å². The lowest BCUT2D eigenvalue weighted by Crippen LogP contribution is -2.59. The predicted octanol–water partition coefficient (Wildman–Crippen LogP) is 3.27. The Bertz CT molecular complexity index is 1110. The SMILES string of the molecule is O=C(Cn1ccc2[nH]cc(-c3ccc(F)c(Cl)c3)c2c1=O)N1CC(F)(F)C1. The number of nitrogens with zero attached hydrogens (tertiary/aromatic N) is 2. The van der Waals surface area contributed by atoms with E-state index in [0.29, 0.717) is 22.0 Å². The van der Waals surface area contributed by atoms with Gasteiger partial charge in [0.25, 0.3) is 11.5 Å². The number of hydrogen-bond donors (Lipinski definition) is 1. The molecule has 1 fully saturated rings. The molecule has 0 aliphatic carbocycles. The summed E-state index contributed by atoms with van der Waals surface area (Å²) in [6, 6.07) is 5.71. The highest BCUT2D eigenvalue weighted by atomic mass is 35.5. The Morgan fingerprint density at radius 1 is 1.26 bits per heavy atom. The molecular formula is C18H13ClF3N3O2. The van der Waals surface area contributed by atoms with Gasteiger partial charge in [0.05, 0.1) is 29.0 Å². The van der Waals surface area contributed by atoms with E-state index in [2.05, 4.69) is 4.98 Å². The van der Waals surface area contributed by atoms with Crippen LogP contribution in [0.15, 0.2) is 41.5 Å². The van der Waals surface area contributed by atoms with Gasteiger partial charge in [-0.15, -0.1) is 0 Å². The standard InChI is InChI=1S/C18H13ClF3N3O2/c19-12-5-10(1-2-13(12)20)11-6-23-14-3-4-24(17(27)16(11)14)7-15(26)25-8-18(21,22)9-25/h1-6,23H,7-9H2. The number of carbonyl (C=O) groups excluding carboxylic acids is 1. The molecule has 1 amide bonds. The molecule has 1 N–H and O–H groups in total. The zero-order valence-electron chi connectivity index (χ0n) is 13.8. The van der Waals surface area contributed by atoms with Crippen LogP contribution in [0.5, 0.6) is 0 Å². The van der Waals surface area contributed by atoms with E-state index in [1.165, 1.54) is 29.0 Å². The summed E-state index contributed by atoms with van der Waals surface area (Å²) >= 11 is 5.82. The molecule has 0 unspecified atom stereocenters. The molecule has 0 radical (unpaired) electrons. The number of alkyl halides is 2. The van der Waals surface area contributed by atoms with Crippen molar-refractivity contribution in [1.82, 2.24) is 14.5 Å². The van der Waals surface area contributed by atoms with Crippen molar-refractivity contribution in [3.05, 3.63) is 57.9 Å². The van der Waals surface area contributed by atoms with Crippen LogP contribution in [0.3, 0.4) is 0 Å². The van der Waals surface area contributed by atoms with Crippen LogP contribution >= 0.6 is 11.6 Å². The Balaban J connectivity index is 1.70. The highest BCUT2D eigenvalue weighted by Crippen LogP contribution is 2.30. The number of halogens is 4. The number of carbonyl (C=O) groups is 1. The smallest absolute Gasteiger partial charge is 0.282 e. The molecule has 4 rings (SSSR count). The summed E-state index contributed by atoms with van der Waals surface area (Å²) in [5.74, 6) is -3.99. The molecule has 27 heavy (non-hydrogen) atoms. The molecule has 9 heteroatoms. The molecule has 3 aromatic rings. The van der Waals surface area contributed by atoms with Crippen LogP contribution < -0.4 is 5.56 Å². The molecule has 0 atom stereocenters. The van der Waals surface area contributed by atoms with Gasteiger partial charge in [-0.25, -0.2) is 13.2 Å². The fraction of sp³-hybridized carbons (Fsp3) is 0.222. The second kappa shape index (κ2) is 6.16. The number of amides is 1. The van der Waals surface area contributed by atoms with Crippen molar-refractivity contribution in [2.24, 2.45) is 0 Å². The number of aromatic nitrogens is 2. The Labute approximate surface area is 156 Å². The first-order valence-corrected chi connectivity index (χ1v) is 8.44. The molecular weight excluding hydrogens is 383 g/mol. The van der Waals surface area contributed by atoms with Gasteiger partial charge in [-0.1, -0.05) is 17.7 Å². The zero-order valence-corrected chi connectivity index (χ0v) is 14.6. The molecule has 1 aliphatic rings. The second-order valence-electron chi connectivity index (χ2n) is 6.47. The quantitative estimate of drug-likeness (QED) is 0.740. The van der Waals surface area contributed by atoms with E-state index < -0.39 is 36.3 Å². The minimum absolute atomic E-state index is 0.0769. The van der Waals surface area contributed by atoms with Crippen LogP contribution in [0.4, 0.5) is 13.2 Å². The highest BCUT2D eigenvalue weighted by molar-refractivity contribution is 6.31. The summed E-state index contributed by atoms with van der Waals surface area (Å²) in [6.07, 6.45) is 3.02. The van der Waals surface area contributed by atoms with Crippen molar-refractivity contribution in [3.63, 3.8) is 0 Å². The Hall–Kier alpha value is -2.74. The maximum absolute atomic E-state index is 13.4. The van der Waals surface area contributed by atoms with Crippen LogP contribution in [-0.4, -0.2) is 39.4 Å². The third kappa shape index (κ3) is 3.10. The van der Waals surface area contributed by atoms with E-state index >= 15 is 0 Å². The molecule has 0 saturated carbocycles. The van der Waals surface area contributed by atoms with Gasteiger partial charge in [-0.2, -0.15) is 0 Å². The Morgan fingerprint density at radius 2 is 2.00 bits per heavy atom. The van der Waals surface area contributed by atoms with E-state index in [4.69, 9.17) is 11.6 Å². The van der Waals surface area contributed by atoms with E-state index in [0.717, 1.165) is 4.90 Å². The van der Waals surface area contributed by atoms with Crippen molar-refractivity contribution in [2.75, 3.05) is 13.1 Å². The number of pyridine rings is 1. The van der Waals surface area contributed by atoms with Crippen molar-refractivity contribution in [3.8, 4) is 11.1 Å². The molecule has 1 aromatic carbocycles. The largest absolute Gasteiger partial charge is 0.360 e. The van der Waals surface area contributed by atoms with Gasteiger partial charge in [-0.3, -0.25) is 9.59 Å². The molecule has 140 valence electrons. The molecule has 3 heterocycles. The molecule has 1 saturated heterocycles. The van der Waals surface area contributed by atoms with Gasteiger partial charge < -0.3 is 14.5 Å². The summed E-state index contributed by atoms with van der Waals surface area (Å²) < 4.78 is 40.4. The average molecular weight is 396 g/mol. The minimum atomic E-state index is -2.86. The summed E-state index contributed by atoms with van der Waals surface area (Å²) in [6.45, 7) is -1.60. The molecule has 5 nitrogen and oxygen atoms in total. The number of rotatable bonds is 3. The monoisotopic (exact) mass is 395 g/mol. The van der Waals surface area contributed by atoms with Crippen molar-refractivity contribution in [1.29, 1.82) is 0 Å². The molecule has 0 spiro atoms. The van der Waals surface area contributed by atoms with Gasteiger partial charge in [0.15, 0.2) is 0 Å². The Kier molecular flexibility index (Phi) is 4.03. The van der Waals surface area contributed by atoms with Crippen LogP contribution in [0.25, 0.3) is 22.0 Å². The molecule has 0 bridgehead atoms. The van der Waals surface area contributed by atoms with E-state index in [1.807, 2.05) is 0 Å². The van der Waals surface area contributed by atoms with Gasteiger partial charge in [0.2, 0.25) is 5.91 Å². The lowest BCUT2D eigenvalue weighted by atomic mass is 10.1. The van der Waals surface area contributed by atoms with Crippen molar-refractivity contribution in [2.45, 2.75) is 12.5 Å². The second-order valence-corrected chi connectivity index (χ2v) is 6.88. The summed E-state index contributed by atoms with van der Waals surface area (Å²) in [5, 5.41) is 0.230. The van der Waals surface area contributed by atoms with Crippen LogP contribution in [-0.2, 0) is 11.3 Å².